The number of nitriles is 1. The fourth-order valence-corrected chi connectivity index (χ4v) is 3.25. The first-order valence-electron chi connectivity index (χ1n) is 5.48. The predicted octanol–water partition coefficient (Wildman–Crippen LogP) is 2.55. The summed E-state index contributed by atoms with van der Waals surface area (Å²) in [5, 5.41) is 13.1. The van der Waals surface area contributed by atoms with E-state index in [0.29, 0.717) is 0 Å². The lowest BCUT2D eigenvalue weighted by molar-refractivity contribution is 0.510. The zero-order valence-corrected chi connectivity index (χ0v) is 9.99. The summed E-state index contributed by atoms with van der Waals surface area (Å²) < 4.78 is 0. The van der Waals surface area contributed by atoms with Crippen LogP contribution >= 0.6 is 11.8 Å². The van der Waals surface area contributed by atoms with Gasteiger partial charge in [-0.3, -0.25) is 5.32 Å². The smallest absolute Gasteiger partial charge is 0.113 e. The minimum absolute atomic E-state index is 0.331. The first-order valence-corrected chi connectivity index (χ1v) is 6.53. The fourth-order valence-electron chi connectivity index (χ4n) is 1.85. The van der Waals surface area contributed by atoms with Crippen molar-refractivity contribution in [1.29, 1.82) is 5.26 Å². The van der Waals surface area contributed by atoms with Crippen LogP contribution in [0.25, 0.3) is 0 Å². The molecular formula is C11H20N2S. The van der Waals surface area contributed by atoms with Crippen molar-refractivity contribution < 1.29 is 0 Å². The summed E-state index contributed by atoms with van der Waals surface area (Å²) in [5.74, 6) is 0.919. The van der Waals surface area contributed by atoms with Gasteiger partial charge in [0.1, 0.15) is 5.54 Å². The van der Waals surface area contributed by atoms with Crippen molar-refractivity contribution in [2.45, 2.75) is 50.3 Å². The number of nitrogens with one attached hydrogen (secondary N) is 1. The summed E-state index contributed by atoms with van der Waals surface area (Å²) >= 11 is 1.97. The van der Waals surface area contributed by atoms with Crippen LogP contribution in [-0.2, 0) is 0 Å². The Morgan fingerprint density at radius 2 is 2.14 bits per heavy atom. The molecule has 1 fully saturated rings. The Morgan fingerprint density at radius 3 is 2.64 bits per heavy atom. The maximum Gasteiger partial charge on any atom is 0.113 e. The van der Waals surface area contributed by atoms with E-state index in [9.17, 15) is 0 Å². The molecule has 1 N–H and O–H groups in total. The zero-order valence-electron chi connectivity index (χ0n) is 9.18. The molecule has 0 spiro atoms. The first-order chi connectivity index (χ1) is 6.70. The van der Waals surface area contributed by atoms with Gasteiger partial charge in [-0.2, -0.15) is 17.0 Å². The Balaban J connectivity index is 2.29. The molecule has 0 heterocycles. The van der Waals surface area contributed by atoms with E-state index >= 15 is 0 Å². The molecule has 1 atom stereocenters. The Kier molecular flexibility index (Phi) is 4.77. The van der Waals surface area contributed by atoms with E-state index in [4.69, 9.17) is 5.26 Å². The van der Waals surface area contributed by atoms with Gasteiger partial charge in [0.15, 0.2) is 0 Å². The van der Waals surface area contributed by atoms with Crippen molar-refractivity contribution >= 4 is 11.8 Å². The Labute approximate surface area is 91.4 Å². The van der Waals surface area contributed by atoms with Gasteiger partial charge in [0.25, 0.3) is 0 Å². The minimum atomic E-state index is -0.331. The number of hydrogen-bond acceptors (Lipinski definition) is 3. The van der Waals surface area contributed by atoms with E-state index in [2.05, 4.69) is 18.3 Å². The van der Waals surface area contributed by atoms with E-state index in [1.165, 1.54) is 25.7 Å². The average Bonchev–Trinajstić information content (AvgIpc) is 2.68. The highest BCUT2D eigenvalue weighted by molar-refractivity contribution is 8.00. The Bertz CT molecular complexity index is 206. The lowest BCUT2D eigenvalue weighted by Crippen LogP contribution is -2.43. The second-order valence-electron chi connectivity index (χ2n) is 4.19. The molecule has 0 bridgehead atoms. The van der Waals surface area contributed by atoms with Crippen molar-refractivity contribution in [2.75, 3.05) is 12.3 Å². The van der Waals surface area contributed by atoms with Crippen molar-refractivity contribution in [3.8, 4) is 6.07 Å². The van der Waals surface area contributed by atoms with E-state index in [-0.39, 0.29) is 5.54 Å². The summed E-state index contributed by atoms with van der Waals surface area (Å²) in [6.45, 7) is 4.92. The van der Waals surface area contributed by atoms with Crippen molar-refractivity contribution in [3.05, 3.63) is 0 Å². The third kappa shape index (κ3) is 3.51. The number of nitrogens with zero attached hydrogens (tertiary/aromatic N) is 1. The Hall–Kier alpha value is -0.200. The maximum absolute atomic E-state index is 9.06. The monoisotopic (exact) mass is 212 g/mol. The lowest BCUT2D eigenvalue weighted by atomic mass is 10.1. The lowest BCUT2D eigenvalue weighted by Gasteiger charge is -2.23. The van der Waals surface area contributed by atoms with Crippen molar-refractivity contribution in [1.82, 2.24) is 5.32 Å². The molecule has 0 radical (unpaired) electrons. The van der Waals surface area contributed by atoms with Gasteiger partial charge in [-0.05, 0) is 26.3 Å². The second-order valence-corrected chi connectivity index (χ2v) is 5.48. The number of thioether (sulfide) groups is 1. The number of hydrogen-bond donors (Lipinski definition) is 1. The summed E-state index contributed by atoms with van der Waals surface area (Å²) in [6, 6.07) is 2.37. The topological polar surface area (TPSA) is 35.8 Å². The van der Waals surface area contributed by atoms with E-state index in [1.54, 1.807) is 0 Å². The fraction of sp³-hybridized carbons (Fsp3) is 0.909. The quantitative estimate of drug-likeness (QED) is 0.761. The van der Waals surface area contributed by atoms with Gasteiger partial charge in [-0.25, -0.2) is 0 Å². The van der Waals surface area contributed by atoms with Crippen LogP contribution in [0.5, 0.6) is 0 Å². The molecule has 0 aromatic rings. The second kappa shape index (κ2) is 5.63. The zero-order chi connectivity index (χ0) is 10.4. The highest BCUT2D eigenvalue weighted by Crippen LogP contribution is 2.31. The third-order valence-corrected chi connectivity index (χ3v) is 4.41. The summed E-state index contributed by atoms with van der Waals surface area (Å²) in [4.78, 5) is 0. The number of rotatable bonds is 5. The van der Waals surface area contributed by atoms with Crippen LogP contribution in [0.4, 0.5) is 0 Å². The van der Waals surface area contributed by atoms with Crippen LogP contribution in [0.2, 0.25) is 0 Å². The summed E-state index contributed by atoms with van der Waals surface area (Å²) in [7, 11) is 0. The minimum Gasteiger partial charge on any atom is -0.299 e. The molecule has 1 unspecified atom stereocenters. The van der Waals surface area contributed by atoms with Crippen LogP contribution in [0.15, 0.2) is 0 Å². The molecule has 0 aliphatic heterocycles. The molecule has 3 heteroatoms. The van der Waals surface area contributed by atoms with Crippen LogP contribution in [0.1, 0.15) is 39.5 Å². The van der Waals surface area contributed by atoms with Gasteiger partial charge in [-0.1, -0.05) is 19.8 Å². The molecule has 14 heavy (non-hydrogen) atoms. The summed E-state index contributed by atoms with van der Waals surface area (Å²) in [6.07, 6.45) is 5.45. The van der Waals surface area contributed by atoms with Gasteiger partial charge in [-0.15, -0.1) is 0 Å². The largest absolute Gasteiger partial charge is 0.299 e. The Morgan fingerprint density at radius 1 is 1.50 bits per heavy atom. The maximum atomic E-state index is 9.06. The molecule has 80 valence electrons. The van der Waals surface area contributed by atoms with Gasteiger partial charge in [0.05, 0.1) is 6.07 Å². The molecule has 1 saturated carbocycles. The van der Waals surface area contributed by atoms with E-state index < -0.39 is 0 Å². The summed E-state index contributed by atoms with van der Waals surface area (Å²) in [5.41, 5.74) is -0.331. The molecular weight excluding hydrogens is 192 g/mol. The van der Waals surface area contributed by atoms with E-state index in [0.717, 1.165) is 17.5 Å². The highest BCUT2D eigenvalue weighted by atomic mass is 32.2. The molecule has 0 amide bonds. The van der Waals surface area contributed by atoms with Gasteiger partial charge in [0.2, 0.25) is 0 Å². The molecule has 0 saturated heterocycles. The molecule has 1 aliphatic rings. The van der Waals surface area contributed by atoms with Gasteiger partial charge < -0.3 is 0 Å². The van der Waals surface area contributed by atoms with Crippen LogP contribution in [0.3, 0.4) is 0 Å². The van der Waals surface area contributed by atoms with Gasteiger partial charge in [0, 0.05) is 11.0 Å². The third-order valence-electron chi connectivity index (χ3n) is 2.72. The first kappa shape index (κ1) is 11.9. The van der Waals surface area contributed by atoms with Crippen LogP contribution in [0, 0.1) is 11.3 Å². The molecule has 1 aliphatic carbocycles. The standard InChI is InChI=1S/C11H20N2S/c1-3-13-11(2,8-12)9-14-10-6-4-5-7-10/h10,13H,3-7,9H2,1-2H3. The highest BCUT2D eigenvalue weighted by Gasteiger charge is 2.25. The van der Waals surface area contributed by atoms with Crippen LogP contribution < -0.4 is 5.32 Å². The normalized spacial score (nSPS) is 21.8. The molecule has 2 nitrogen and oxygen atoms in total. The molecule has 1 rings (SSSR count). The van der Waals surface area contributed by atoms with E-state index in [1.807, 2.05) is 18.7 Å². The van der Waals surface area contributed by atoms with Gasteiger partial charge >= 0.3 is 0 Å². The van der Waals surface area contributed by atoms with Crippen molar-refractivity contribution in [3.63, 3.8) is 0 Å². The molecule has 0 aromatic carbocycles. The SMILES string of the molecule is CCNC(C)(C#N)CSC1CCCC1. The molecule has 0 aromatic heterocycles. The average molecular weight is 212 g/mol. The van der Waals surface area contributed by atoms with Crippen LogP contribution in [-0.4, -0.2) is 23.1 Å². The van der Waals surface area contributed by atoms with Crippen molar-refractivity contribution in [2.24, 2.45) is 0 Å². The predicted molar refractivity (Wildman–Crippen MR) is 62.4 cm³/mol.